The van der Waals surface area contributed by atoms with E-state index in [0.717, 1.165) is 27.1 Å². The van der Waals surface area contributed by atoms with Crippen LogP contribution in [-0.4, -0.2) is 16.2 Å². The Labute approximate surface area is 131 Å². The van der Waals surface area contributed by atoms with Crippen LogP contribution in [0.2, 0.25) is 0 Å². The van der Waals surface area contributed by atoms with Gasteiger partial charge in [-0.15, -0.1) is 0 Å². The van der Waals surface area contributed by atoms with Crippen LogP contribution in [0.15, 0.2) is 53.4 Å². The van der Waals surface area contributed by atoms with Gasteiger partial charge in [0.1, 0.15) is 0 Å². The zero-order valence-corrected chi connectivity index (χ0v) is 12.4. The highest BCUT2D eigenvalue weighted by atomic mass is 32.2. The summed E-state index contributed by atoms with van der Waals surface area (Å²) >= 11 is 1.19. The van der Waals surface area contributed by atoms with Gasteiger partial charge in [0.25, 0.3) is 0 Å². The summed E-state index contributed by atoms with van der Waals surface area (Å²) in [6.07, 6.45) is 3.91. The molecule has 0 aliphatic heterocycles. The van der Waals surface area contributed by atoms with E-state index in [0.29, 0.717) is 0 Å². The lowest BCUT2D eigenvalue weighted by Gasteiger charge is -2.04. The number of benzene rings is 2. The molecule has 0 saturated heterocycles. The van der Waals surface area contributed by atoms with Gasteiger partial charge < -0.3 is 5.73 Å². The second-order valence-corrected chi connectivity index (χ2v) is 5.44. The highest BCUT2D eigenvalue weighted by molar-refractivity contribution is 7.98. The Morgan fingerprint density at radius 2 is 1.91 bits per heavy atom. The molecule has 2 aromatic carbocycles. The van der Waals surface area contributed by atoms with Gasteiger partial charge in [0, 0.05) is 10.3 Å². The van der Waals surface area contributed by atoms with Crippen LogP contribution in [-0.2, 0) is 0 Å². The number of H-pyrrole nitrogens is 1. The van der Waals surface area contributed by atoms with Crippen LogP contribution in [0.25, 0.3) is 23.1 Å². The van der Waals surface area contributed by atoms with Crippen molar-refractivity contribution in [2.45, 2.75) is 4.90 Å². The summed E-state index contributed by atoms with van der Waals surface area (Å²) in [4.78, 5) is 11.7. The van der Waals surface area contributed by atoms with Gasteiger partial charge in [-0.2, -0.15) is 5.10 Å². The van der Waals surface area contributed by atoms with Crippen molar-refractivity contribution in [1.82, 2.24) is 14.9 Å². The molecule has 0 fully saturated rings. The zero-order valence-electron chi connectivity index (χ0n) is 11.6. The minimum Gasteiger partial charge on any atom is -0.351 e. The molecule has 3 aromatic rings. The van der Waals surface area contributed by atoms with E-state index in [1.807, 2.05) is 60.7 Å². The number of aromatic nitrogens is 2. The average molecular weight is 310 g/mol. The third kappa shape index (κ3) is 3.12. The number of fused-ring (bicyclic) bond motifs is 1. The molecule has 0 saturated carbocycles. The number of urea groups is 1. The number of nitrogens with one attached hydrogen (secondary N) is 2. The summed E-state index contributed by atoms with van der Waals surface area (Å²) in [7, 11) is 0. The van der Waals surface area contributed by atoms with Crippen LogP contribution in [0.3, 0.4) is 0 Å². The number of nitrogens with zero attached hydrogens (tertiary/aromatic N) is 1. The summed E-state index contributed by atoms with van der Waals surface area (Å²) in [5.74, 6) is 0. The Balaban J connectivity index is 1.87. The predicted octanol–water partition coefficient (Wildman–Crippen LogP) is 3.41. The summed E-state index contributed by atoms with van der Waals surface area (Å²) < 4.78 is 2.52. The molecule has 0 aliphatic rings. The maximum absolute atomic E-state index is 10.8. The van der Waals surface area contributed by atoms with E-state index < -0.39 is 6.03 Å². The molecule has 6 heteroatoms. The van der Waals surface area contributed by atoms with Crippen molar-refractivity contribution in [3.8, 4) is 0 Å². The number of primary amides is 1. The van der Waals surface area contributed by atoms with E-state index >= 15 is 0 Å². The Bertz CT molecular complexity index is 841. The molecule has 2 amide bonds. The van der Waals surface area contributed by atoms with Gasteiger partial charge in [-0.3, -0.25) is 9.82 Å². The normalized spacial score (nSPS) is 11.1. The Kier molecular flexibility index (Phi) is 4.11. The minimum atomic E-state index is -0.568. The molecular formula is C16H14N4OS. The van der Waals surface area contributed by atoms with Crippen LogP contribution in [0, 0.1) is 0 Å². The first-order valence-electron chi connectivity index (χ1n) is 6.66. The monoisotopic (exact) mass is 310 g/mol. The molecule has 110 valence electrons. The second-order valence-electron chi connectivity index (χ2n) is 4.59. The first-order valence-corrected chi connectivity index (χ1v) is 7.48. The molecule has 1 heterocycles. The van der Waals surface area contributed by atoms with Crippen LogP contribution < -0.4 is 10.5 Å². The lowest BCUT2D eigenvalue weighted by atomic mass is 10.1. The third-order valence-corrected chi connectivity index (χ3v) is 4.00. The quantitative estimate of drug-likeness (QED) is 0.646. The van der Waals surface area contributed by atoms with Crippen molar-refractivity contribution in [3.63, 3.8) is 0 Å². The van der Waals surface area contributed by atoms with E-state index in [9.17, 15) is 4.79 Å². The number of para-hydroxylation sites is 1. The van der Waals surface area contributed by atoms with Gasteiger partial charge in [0.15, 0.2) is 0 Å². The van der Waals surface area contributed by atoms with Gasteiger partial charge in [0.05, 0.1) is 11.2 Å². The fourth-order valence-corrected chi connectivity index (χ4v) is 2.71. The largest absolute Gasteiger partial charge is 0.351 e. The predicted molar refractivity (Wildman–Crippen MR) is 90.0 cm³/mol. The van der Waals surface area contributed by atoms with E-state index in [4.69, 9.17) is 5.73 Å². The fourth-order valence-electron chi connectivity index (χ4n) is 2.10. The van der Waals surface area contributed by atoms with Crippen molar-refractivity contribution in [2.75, 3.05) is 0 Å². The molecule has 1 aromatic heterocycles. The van der Waals surface area contributed by atoms with Crippen LogP contribution in [0.4, 0.5) is 4.79 Å². The molecule has 0 spiro atoms. The summed E-state index contributed by atoms with van der Waals surface area (Å²) in [5.41, 5.74) is 7.95. The molecule has 0 bridgehead atoms. The van der Waals surface area contributed by atoms with Gasteiger partial charge in [-0.25, -0.2) is 4.79 Å². The van der Waals surface area contributed by atoms with Gasteiger partial charge in [-0.05, 0) is 35.7 Å². The maximum atomic E-state index is 10.8. The smallest absolute Gasteiger partial charge is 0.322 e. The van der Waals surface area contributed by atoms with Gasteiger partial charge in [-0.1, -0.05) is 42.5 Å². The first kappa shape index (κ1) is 14.2. The second kappa shape index (κ2) is 6.36. The minimum absolute atomic E-state index is 0.568. The fraction of sp³-hybridized carbons (Fsp3) is 0. The Hall–Kier alpha value is -2.73. The highest BCUT2D eigenvalue weighted by Crippen LogP contribution is 2.23. The van der Waals surface area contributed by atoms with E-state index in [1.54, 1.807) is 0 Å². The summed E-state index contributed by atoms with van der Waals surface area (Å²) in [6.45, 7) is 0. The molecule has 5 nitrogen and oxygen atoms in total. The number of aromatic amines is 1. The SMILES string of the molecule is NC(=O)NSc1ccccc1C=Cc1n[nH]c2ccccc12. The number of nitrogens with two attached hydrogens (primary N) is 1. The molecule has 22 heavy (non-hydrogen) atoms. The number of amides is 2. The van der Waals surface area contributed by atoms with Crippen LogP contribution in [0.5, 0.6) is 0 Å². The standard InChI is InChI=1S/C16H14N4OS/c17-16(21)20-22-15-8-4-1-5-11(15)9-10-14-12-6-2-3-7-13(12)18-19-14/h1-10H,(H,18,19)(H3,17,20,21). The lowest BCUT2D eigenvalue weighted by Crippen LogP contribution is -2.22. The number of rotatable bonds is 4. The molecule has 0 radical (unpaired) electrons. The average Bonchev–Trinajstić information content (AvgIpc) is 2.95. The maximum Gasteiger partial charge on any atom is 0.322 e. The number of hydrogen-bond donors (Lipinski definition) is 3. The number of carbonyl (C=O) groups excluding carboxylic acids is 1. The van der Waals surface area contributed by atoms with Gasteiger partial charge in [0.2, 0.25) is 0 Å². The van der Waals surface area contributed by atoms with E-state index in [-0.39, 0.29) is 0 Å². The number of hydrogen-bond acceptors (Lipinski definition) is 3. The Morgan fingerprint density at radius 1 is 1.14 bits per heavy atom. The zero-order chi connectivity index (χ0) is 15.4. The van der Waals surface area contributed by atoms with Gasteiger partial charge >= 0.3 is 6.03 Å². The molecule has 0 aliphatic carbocycles. The van der Waals surface area contributed by atoms with Crippen LogP contribution in [0.1, 0.15) is 11.3 Å². The van der Waals surface area contributed by atoms with Crippen molar-refractivity contribution >= 4 is 41.0 Å². The topological polar surface area (TPSA) is 83.8 Å². The molecule has 3 rings (SSSR count). The molecule has 0 unspecified atom stereocenters. The summed E-state index contributed by atoms with van der Waals surface area (Å²) in [5, 5.41) is 8.37. The Morgan fingerprint density at radius 3 is 2.77 bits per heavy atom. The van der Waals surface area contributed by atoms with Crippen molar-refractivity contribution in [1.29, 1.82) is 0 Å². The molecular weight excluding hydrogens is 296 g/mol. The molecule has 0 atom stereocenters. The van der Waals surface area contributed by atoms with Crippen molar-refractivity contribution in [2.24, 2.45) is 5.73 Å². The van der Waals surface area contributed by atoms with Crippen molar-refractivity contribution in [3.05, 3.63) is 59.8 Å². The highest BCUT2D eigenvalue weighted by Gasteiger charge is 2.03. The van der Waals surface area contributed by atoms with Crippen molar-refractivity contribution < 1.29 is 4.79 Å². The number of carbonyl (C=O) groups is 1. The van der Waals surface area contributed by atoms with Crippen LogP contribution >= 0.6 is 11.9 Å². The van der Waals surface area contributed by atoms with E-state index in [1.165, 1.54) is 11.9 Å². The third-order valence-electron chi connectivity index (χ3n) is 3.10. The molecule has 4 N–H and O–H groups in total. The van der Waals surface area contributed by atoms with E-state index in [2.05, 4.69) is 14.9 Å². The lowest BCUT2D eigenvalue weighted by molar-refractivity contribution is 0.254. The first-order chi connectivity index (χ1) is 10.7. The summed E-state index contributed by atoms with van der Waals surface area (Å²) in [6, 6.07) is 15.1.